The summed E-state index contributed by atoms with van der Waals surface area (Å²) < 4.78 is 7.36. The van der Waals surface area contributed by atoms with E-state index in [0.29, 0.717) is 17.5 Å². The van der Waals surface area contributed by atoms with Crippen molar-refractivity contribution in [2.45, 2.75) is 58.0 Å². The fraction of sp³-hybridized carbons (Fsp3) is 0.455. The Kier molecular flexibility index (Phi) is 7.72. The van der Waals surface area contributed by atoms with Crippen molar-refractivity contribution in [1.82, 2.24) is 19.7 Å². The van der Waals surface area contributed by atoms with Crippen LogP contribution in [0.4, 0.5) is 5.13 Å². The van der Waals surface area contributed by atoms with Gasteiger partial charge in [-0.3, -0.25) is 4.79 Å². The minimum atomic E-state index is -0.325. The highest BCUT2D eigenvalue weighted by Crippen LogP contribution is 2.27. The molecule has 0 saturated carbocycles. The van der Waals surface area contributed by atoms with Crippen LogP contribution in [0.1, 0.15) is 42.7 Å². The first-order valence-corrected chi connectivity index (χ1v) is 11.9. The van der Waals surface area contributed by atoms with Gasteiger partial charge in [0.1, 0.15) is 11.6 Å². The Morgan fingerprint density at radius 3 is 2.48 bits per heavy atom. The molecule has 1 N–H and O–H groups in total. The van der Waals surface area contributed by atoms with Crippen LogP contribution in [-0.2, 0) is 17.8 Å². The smallest absolute Gasteiger partial charge is 0.239 e. The molecular weight excluding hydrogens is 430 g/mol. The summed E-state index contributed by atoms with van der Waals surface area (Å²) in [5, 5.41) is 12.8. The third-order valence-electron chi connectivity index (χ3n) is 4.77. The average molecular weight is 460 g/mol. The standard InChI is InChI=1S/C22H29N5O2S2/c1-13(2)12-27-19(11-17-7-9-18(29-6)10-8-17)25-26-22(27)31-16(5)20(28)24-21-23-14(3)15(4)30-21/h7-10,13,16H,11-12H2,1-6H3,(H,23,24,28). The van der Waals surface area contributed by atoms with Gasteiger partial charge in [0, 0.05) is 17.8 Å². The Bertz CT molecular complexity index is 1010. The van der Waals surface area contributed by atoms with E-state index in [-0.39, 0.29) is 11.2 Å². The monoisotopic (exact) mass is 459 g/mol. The second kappa shape index (κ2) is 10.3. The van der Waals surface area contributed by atoms with Crippen molar-refractivity contribution in [3.05, 3.63) is 46.2 Å². The van der Waals surface area contributed by atoms with E-state index < -0.39 is 0 Å². The highest BCUT2D eigenvalue weighted by molar-refractivity contribution is 8.00. The maximum Gasteiger partial charge on any atom is 0.239 e. The van der Waals surface area contributed by atoms with Gasteiger partial charge in [0.15, 0.2) is 10.3 Å². The Morgan fingerprint density at radius 1 is 1.19 bits per heavy atom. The largest absolute Gasteiger partial charge is 0.497 e. The van der Waals surface area contributed by atoms with Gasteiger partial charge in [-0.15, -0.1) is 21.5 Å². The van der Waals surface area contributed by atoms with Crippen molar-refractivity contribution in [3.8, 4) is 5.75 Å². The van der Waals surface area contributed by atoms with Crippen molar-refractivity contribution in [3.63, 3.8) is 0 Å². The lowest BCUT2D eigenvalue weighted by atomic mass is 10.1. The summed E-state index contributed by atoms with van der Waals surface area (Å²) in [6, 6.07) is 7.97. The molecule has 31 heavy (non-hydrogen) atoms. The van der Waals surface area contributed by atoms with Crippen LogP contribution in [0.3, 0.4) is 0 Å². The topological polar surface area (TPSA) is 81.9 Å². The summed E-state index contributed by atoms with van der Waals surface area (Å²) in [6.45, 7) is 10.9. The molecule has 1 unspecified atom stereocenters. The maximum absolute atomic E-state index is 12.7. The molecule has 0 bridgehead atoms. The van der Waals surface area contributed by atoms with Gasteiger partial charge in [-0.1, -0.05) is 37.7 Å². The lowest BCUT2D eigenvalue weighted by Crippen LogP contribution is -2.23. The lowest BCUT2D eigenvalue weighted by molar-refractivity contribution is -0.115. The van der Waals surface area contributed by atoms with Crippen molar-refractivity contribution in [1.29, 1.82) is 0 Å². The quantitative estimate of drug-likeness (QED) is 0.466. The molecule has 3 rings (SSSR count). The van der Waals surface area contributed by atoms with Crippen molar-refractivity contribution >= 4 is 34.1 Å². The number of nitrogens with zero attached hydrogens (tertiary/aromatic N) is 4. The zero-order chi connectivity index (χ0) is 22.5. The number of rotatable bonds is 9. The van der Waals surface area contributed by atoms with Crippen LogP contribution in [-0.4, -0.2) is 38.0 Å². The number of carbonyl (C=O) groups is 1. The number of carbonyl (C=O) groups excluding carboxylic acids is 1. The van der Waals surface area contributed by atoms with Gasteiger partial charge < -0.3 is 14.6 Å². The van der Waals surface area contributed by atoms with Crippen LogP contribution < -0.4 is 10.1 Å². The maximum atomic E-state index is 12.7. The van der Waals surface area contributed by atoms with Crippen LogP contribution in [0, 0.1) is 19.8 Å². The van der Waals surface area contributed by atoms with E-state index in [9.17, 15) is 4.79 Å². The Morgan fingerprint density at radius 2 is 1.90 bits per heavy atom. The molecule has 0 aliphatic carbocycles. The molecule has 3 aromatic rings. The molecule has 2 aromatic heterocycles. The van der Waals surface area contributed by atoms with E-state index >= 15 is 0 Å². The van der Waals surface area contributed by atoms with E-state index in [0.717, 1.165) is 39.4 Å². The van der Waals surface area contributed by atoms with Crippen molar-refractivity contribution in [2.24, 2.45) is 5.92 Å². The third-order valence-corrected chi connectivity index (χ3v) is 6.84. The van der Waals surface area contributed by atoms with Gasteiger partial charge in [-0.2, -0.15) is 0 Å². The summed E-state index contributed by atoms with van der Waals surface area (Å²) in [6.07, 6.45) is 0.669. The molecule has 9 heteroatoms. The molecule has 0 fully saturated rings. The van der Waals surface area contributed by atoms with Crippen LogP contribution in [0.25, 0.3) is 0 Å². The van der Waals surface area contributed by atoms with Crippen LogP contribution in [0.15, 0.2) is 29.4 Å². The zero-order valence-corrected chi connectivity index (χ0v) is 20.4. The van der Waals surface area contributed by atoms with Crippen LogP contribution in [0.5, 0.6) is 5.75 Å². The minimum Gasteiger partial charge on any atom is -0.497 e. The molecule has 1 atom stereocenters. The normalized spacial score (nSPS) is 12.2. The first-order chi connectivity index (χ1) is 14.8. The summed E-state index contributed by atoms with van der Waals surface area (Å²) in [4.78, 5) is 18.2. The number of amides is 1. The number of thiazole rings is 1. The summed E-state index contributed by atoms with van der Waals surface area (Å²) >= 11 is 2.91. The Balaban J connectivity index is 1.74. The molecule has 1 aromatic carbocycles. The number of benzene rings is 1. The molecule has 7 nitrogen and oxygen atoms in total. The van der Waals surface area contributed by atoms with Gasteiger partial charge in [0.2, 0.25) is 5.91 Å². The Hall–Kier alpha value is -2.39. The van der Waals surface area contributed by atoms with E-state index in [2.05, 4.69) is 38.9 Å². The van der Waals surface area contributed by atoms with Crippen LogP contribution in [0.2, 0.25) is 0 Å². The van der Waals surface area contributed by atoms with Gasteiger partial charge in [-0.05, 0) is 44.4 Å². The first kappa shape index (κ1) is 23.3. The molecule has 0 aliphatic heterocycles. The van der Waals surface area contributed by atoms with Gasteiger partial charge >= 0.3 is 0 Å². The summed E-state index contributed by atoms with van der Waals surface area (Å²) in [5.41, 5.74) is 2.08. The predicted octanol–water partition coefficient (Wildman–Crippen LogP) is 4.73. The molecule has 0 saturated heterocycles. The van der Waals surface area contributed by atoms with Crippen LogP contribution >= 0.6 is 23.1 Å². The molecule has 2 heterocycles. The molecule has 1 amide bonds. The van der Waals surface area contributed by atoms with Gasteiger partial charge in [0.25, 0.3) is 0 Å². The van der Waals surface area contributed by atoms with Gasteiger partial charge in [0.05, 0.1) is 18.1 Å². The molecule has 0 radical (unpaired) electrons. The molecule has 166 valence electrons. The van der Waals surface area contributed by atoms with Crippen molar-refractivity contribution in [2.75, 3.05) is 12.4 Å². The number of hydrogen-bond acceptors (Lipinski definition) is 7. The number of nitrogens with one attached hydrogen (secondary N) is 1. The second-order valence-corrected chi connectivity index (χ2v) is 10.3. The SMILES string of the molecule is COc1ccc(Cc2nnc(SC(C)C(=O)Nc3nc(C)c(C)s3)n2CC(C)C)cc1. The minimum absolute atomic E-state index is 0.0884. The fourth-order valence-electron chi connectivity index (χ4n) is 2.96. The average Bonchev–Trinajstić information content (AvgIpc) is 3.24. The van der Waals surface area contributed by atoms with Gasteiger partial charge in [-0.25, -0.2) is 4.98 Å². The third kappa shape index (κ3) is 6.07. The second-order valence-electron chi connectivity index (χ2n) is 7.84. The fourth-order valence-corrected chi connectivity index (χ4v) is 4.65. The summed E-state index contributed by atoms with van der Waals surface area (Å²) in [5.74, 6) is 2.05. The number of methoxy groups -OCH3 is 1. The van der Waals surface area contributed by atoms with E-state index in [4.69, 9.17) is 4.74 Å². The van der Waals surface area contributed by atoms with Crippen molar-refractivity contribution < 1.29 is 9.53 Å². The number of ether oxygens (including phenoxy) is 1. The lowest BCUT2D eigenvalue weighted by Gasteiger charge is -2.15. The number of anilines is 1. The predicted molar refractivity (Wildman–Crippen MR) is 126 cm³/mol. The Labute approximate surface area is 191 Å². The van der Waals surface area contributed by atoms with E-state index in [1.807, 2.05) is 45.0 Å². The number of hydrogen-bond donors (Lipinski definition) is 1. The zero-order valence-electron chi connectivity index (χ0n) is 18.8. The number of aryl methyl sites for hydroxylation is 2. The number of aromatic nitrogens is 4. The van der Waals surface area contributed by atoms with E-state index in [1.54, 1.807) is 7.11 Å². The molecule has 0 spiro atoms. The highest BCUT2D eigenvalue weighted by atomic mass is 32.2. The molecular formula is C22H29N5O2S2. The van der Waals surface area contributed by atoms with E-state index in [1.165, 1.54) is 23.1 Å². The first-order valence-electron chi connectivity index (χ1n) is 10.2. The molecule has 0 aliphatic rings. The number of thioether (sulfide) groups is 1. The summed E-state index contributed by atoms with van der Waals surface area (Å²) in [7, 11) is 1.66. The highest BCUT2D eigenvalue weighted by Gasteiger charge is 2.22.